The van der Waals surface area contributed by atoms with Crippen molar-refractivity contribution >= 4 is 0 Å². The van der Waals surface area contributed by atoms with Crippen LogP contribution in [0.2, 0.25) is 0 Å². The second-order valence-corrected chi connectivity index (χ2v) is 8.43. The minimum absolute atomic E-state index is 0.0346. The highest BCUT2D eigenvalue weighted by atomic mass is 14.7. The molecular formula is C25H29N. The summed E-state index contributed by atoms with van der Waals surface area (Å²) in [6.45, 7) is 8.45. The van der Waals surface area contributed by atoms with Crippen molar-refractivity contribution in [3.05, 3.63) is 89.1 Å². The van der Waals surface area contributed by atoms with E-state index in [0.717, 1.165) is 16.7 Å². The fourth-order valence-corrected chi connectivity index (χ4v) is 3.22. The molecule has 0 amide bonds. The van der Waals surface area contributed by atoms with Crippen LogP contribution in [-0.4, -0.2) is 4.98 Å². The van der Waals surface area contributed by atoms with Crippen molar-refractivity contribution in [1.82, 2.24) is 4.98 Å². The summed E-state index contributed by atoms with van der Waals surface area (Å²) in [5.41, 5.74) is 4.64. The lowest BCUT2D eigenvalue weighted by Gasteiger charge is -2.27. The maximum absolute atomic E-state index is 8.15. The largest absolute Gasteiger partial charge is 0.256 e. The SMILES string of the molecule is [2H]C([2H])([2H])c1cc(C(C)(C)c2ccccc2)ccc1-c1cc(C(C)(C)C)ccn1. The van der Waals surface area contributed by atoms with Gasteiger partial charge in [0, 0.05) is 21.3 Å². The smallest absolute Gasteiger partial charge is 0.0707 e. The lowest BCUT2D eigenvalue weighted by molar-refractivity contribution is 0.589. The van der Waals surface area contributed by atoms with Crippen LogP contribution < -0.4 is 0 Å². The van der Waals surface area contributed by atoms with Crippen LogP contribution >= 0.6 is 0 Å². The van der Waals surface area contributed by atoms with Crippen LogP contribution in [0.4, 0.5) is 0 Å². The molecule has 134 valence electrons. The summed E-state index contributed by atoms with van der Waals surface area (Å²) in [5, 5.41) is 0. The van der Waals surface area contributed by atoms with E-state index in [1.807, 2.05) is 48.5 Å². The van der Waals surface area contributed by atoms with Gasteiger partial charge in [-0.3, -0.25) is 4.98 Å². The summed E-state index contributed by atoms with van der Waals surface area (Å²) in [6.07, 6.45) is 1.76. The lowest BCUT2D eigenvalue weighted by atomic mass is 9.77. The molecule has 0 N–H and O–H groups in total. The monoisotopic (exact) mass is 346 g/mol. The predicted molar refractivity (Wildman–Crippen MR) is 112 cm³/mol. The van der Waals surface area contributed by atoms with Crippen LogP contribution in [0.3, 0.4) is 0 Å². The van der Waals surface area contributed by atoms with E-state index in [0.29, 0.717) is 16.8 Å². The molecule has 3 rings (SSSR count). The maximum atomic E-state index is 8.15. The summed E-state index contributed by atoms with van der Waals surface area (Å²) in [7, 11) is 0. The average molecular weight is 347 g/mol. The molecule has 0 aliphatic heterocycles. The van der Waals surface area contributed by atoms with Gasteiger partial charge in [-0.05, 0) is 46.7 Å². The van der Waals surface area contributed by atoms with Crippen molar-refractivity contribution in [2.45, 2.75) is 52.3 Å². The van der Waals surface area contributed by atoms with Crippen LogP contribution in [0.1, 0.15) is 61.0 Å². The molecule has 0 atom stereocenters. The standard InChI is InChI=1S/C25H29N/c1-18-16-21(25(5,6)19-10-8-7-9-11-19)12-13-22(18)23-17-20(14-15-26-23)24(2,3)4/h7-17H,1-6H3/i1D3. The number of pyridine rings is 1. The van der Waals surface area contributed by atoms with Gasteiger partial charge in [-0.2, -0.15) is 0 Å². The zero-order valence-electron chi connectivity index (χ0n) is 19.3. The summed E-state index contributed by atoms with van der Waals surface area (Å²) < 4.78 is 24.5. The van der Waals surface area contributed by atoms with E-state index in [1.54, 1.807) is 6.20 Å². The fraction of sp³-hybridized carbons (Fsp3) is 0.320. The Morgan fingerprint density at radius 3 is 2.15 bits per heavy atom. The van der Waals surface area contributed by atoms with Gasteiger partial charge < -0.3 is 0 Å². The first kappa shape index (κ1) is 14.7. The van der Waals surface area contributed by atoms with Crippen molar-refractivity contribution in [2.75, 3.05) is 0 Å². The van der Waals surface area contributed by atoms with Crippen molar-refractivity contribution in [1.29, 1.82) is 0 Å². The van der Waals surface area contributed by atoms with E-state index in [-0.39, 0.29) is 10.8 Å². The number of nitrogens with zero attached hydrogens (tertiary/aromatic N) is 1. The normalized spacial score (nSPS) is 14.4. The van der Waals surface area contributed by atoms with E-state index in [4.69, 9.17) is 4.11 Å². The molecule has 0 saturated carbocycles. The van der Waals surface area contributed by atoms with Gasteiger partial charge in [0.1, 0.15) is 0 Å². The molecule has 1 heteroatoms. The third kappa shape index (κ3) is 3.58. The number of hydrogen-bond donors (Lipinski definition) is 0. The molecular weight excluding hydrogens is 314 g/mol. The molecule has 1 nitrogen and oxygen atoms in total. The molecule has 0 aliphatic carbocycles. The first-order valence-electron chi connectivity index (χ1n) is 10.6. The number of benzene rings is 2. The zero-order valence-corrected chi connectivity index (χ0v) is 16.3. The van der Waals surface area contributed by atoms with E-state index < -0.39 is 6.85 Å². The molecule has 0 fully saturated rings. The second kappa shape index (κ2) is 6.72. The summed E-state index contributed by atoms with van der Waals surface area (Å²) in [5.74, 6) is 0. The Bertz CT molecular complexity index is 997. The highest BCUT2D eigenvalue weighted by Gasteiger charge is 2.23. The van der Waals surface area contributed by atoms with Crippen LogP contribution in [0, 0.1) is 6.85 Å². The second-order valence-electron chi connectivity index (χ2n) is 8.43. The molecule has 2 aromatic carbocycles. The minimum Gasteiger partial charge on any atom is -0.256 e. The van der Waals surface area contributed by atoms with E-state index in [9.17, 15) is 0 Å². The van der Waals surface area contributed by atoms with Gasteiger partial charge in [-0.1, -0.05) is 83.1 Å². The molecule has 1 heterocycles. The van der Waals surface area contributed by atoms with Crippen LogP contribution in [0.25, 0.3) is 11.3 Å². The number of hydrogen-bond acceptors (Lipinski definition) is 1. The third-order valence-corrected chi connectivity index (χ3v) is 5.14. The zero-order chi connectivity index (χ0) is 21.4. The van der Waals surface area contributed by atoms with Gasteiger partial charge >= 0.3 is 0 Å². The molecule has 3 aromatic rings. The fourth-order valence-electron chi connectivity index (χ4n) is 3.22. The van der Waals surface area contributed by atoms with Gasteiger partial charge in [-0.25, -0.2) is 0 Å². The first-order valence-corrected chi connectivity index (χ1v) is 9.08. The van der Waals surface area contributed by atoms with Gasteiger partial charge in [0.25, 0.3) is 0 Å². The van der Waals surface area contributed by atoms with Crippen molar-refractivity contribution < 1.29 is 4.11 Å². The van der Waals surface area contributed by atoms with Crippen LogP contribution in [-0.2, 0) is 10.8 Å². The number of rotatable bonds is 3. The number of aromatic nitrogens is 1. The lowest BCUT2D eigenvalue weighted by Crippen LogP contribution is -2.19. The molecule has 0 bridgehead atoms. The third-order valence-electron chi connectivity index (χ3n) is 5.14. The highest BCUT2D eigenvalue weighted by molar-refractivity contribution is 5.65. The average Bonchev–Trinajstić information content (AvgIpc) is 2.67. The Labute approximate surface area is 162 Å². The Morgan fingerprint density at radius 2 is 1.50 bits per heavy atom. The Morgan fingerprint density at radius 1 is 0.769 bits per heavy atom. The quantitative estimate of drug-likeness (QED) is 0.515. The number of aryl methyl sites for hydroxylation is 1. The summed E-state index contributed by atoms with van der Waals surface area (Å²) >= 11 is 0. The van der Waals surface area contributed by atoms with Crippen molar-refractivity contribution in [3.63, 3.8) is 0 Å². The summed E-state index contributed by atoms with van der Waals surface area (Å²) in [6, 6.07) is 20.0. The van der Waals surface area contributed by atoms with E-state index in [1.165, 1.54) is 0 Å². The molecule has 1 aromatic heterocycles. The molecule has 26 heavy (non-hydrogen) atoms. The highest BCUT2D eigenvalue weighted by Crippen LogP contribution is 2.34. The Kier molecular flexibility index (Phi) is 3.81. The van der Waals surface area contributed by atoms with Gasteiger partial charge in [-0.15, -0.1) is 0 Å². The van der Waals surface area contributed by atoms with Gasteiger partial charge in [0.2, 0.25) is 0 Å². The molecule has 0 aliphatic rings. The van der Waals surface area contributed by atoms with Crippen LogP contribution in [0.15, 0.2) is 66.9 Å². The molecule has 0 unspecified atom stereocenters. The van der Waals surface area contributed by atoms with Crippen LogP contribution in [0.5, 0.6) is 0 Å². The van der Waals surface area contributed by atoms with E-state index in [2.05, 4.69) is 51.7 Å². The van der Waals surface area contributed by atoms with Crippen molar-refractivity contribution in [2.24, 2.45) is 0 Å². The molecule has 0 saturated heterocycles. The Hall–Kier alpha value is -2.41. The molecule has 0 radical (unpaired) electrons. The first-order chi connectivity index (χ1) is 13.4. The maximum Gasteiger partial charge on any atom is 0.0707 e. The van der Waals surface area contributed by atoms with Crippen molar-refractivity contribution in [3.8, 4) is 11.3 Å². The summed E-state index contributed by atoms with van der Waals surface area (Å²) in [4.78, 5) is 4.50. The van der Waals surface area contributed by atoms with E-state index >= 15 is 0 Å². The molecule has 0 spiro atoms. The Balaban J connectivity index is 2.17. The topological polar surface area (TPSA) is 12.9 Å². The predicted octanol–water partition coefficient (Wildman–Crippen LogP) is 6.68. The minimum atomic E-state index is -2.22. The van der Waals surface area contributed by atoms with Gasteiger partial charge in [0.15, 0.2) is 0 Å². The van der Waals surface area contributed by atoms with Gasteiger partial charge in [0.05, 0.1) is 5.69 Å².